The van der Waals surface area contributed by atoms with Crippen LogP contribution in [0.5, 0.6) is 11.5 Å². The Bertz CT molecular complexity index is 1030. The first kappa shape index (κ1) is 23.8. The molecule has 1 N–H and O–H groups in total. The van der Waals surface area contributed by atoms with Gasteiger partial charge in [0.2, 0.25) is 15.9 Å². The molecule has 164 valence electrons. The zero-order chi connectivity index (χ0) is 22.6. The van der Waals surface area contributed by atoms with Crippen LogP contribution < -0.4 is 19.1 Å². The fourth-order valence-corrected chi connectivity index (χ4v) is 4.58. The van der Waals surface area contributed by atoms with Crippen LogP contribution in [0.3, 0.4) is 0 Å². The number of nitrogens with one attached hydrogen (secondary N) is 1. The van der Waals surface area contributed by atoms with Crippen LogP contribution in [0, 0.1) is 6.92 Å². The predicted octanol–water partition coefficient (Wildman–Crippen LogP) is 3.70. The van der Waals surface area contributed by atoms with Crippen LogP contribution in [0.4, 0.5) is 5.69 Å². The van der Waals surface area contributed by atoms with Gasteiger partial charge in [0.1, 0.15) is 17.5 Å². The molecule has 0 aliphatic heterocycles. The van der Waals surface area contributed by atoms with E-state index < -0.39 is 28.0 Å². The first-order valence-electron chi connectivity index (χ1n) is 9.27. The van der Waals surface area contributed by atoms with Crippen molar-refractivity contribution in [2.45, 2.75) is 32.9 Å². The van der Waals surface area contributed by atoms with E-state index in [9.17, 15) is 13.2 Å². The average molecular weight is 455 g/mol. The largest absolute Gasteiger partial charge is 0.497 e. The van der Waals surface area contributed by atoms with Gasteiger partial charge in [0.05, 0.1) is 32.2 Å². The molecule has 0 bridgehead atoms. The maximum absolute atomic E-state index is 13.0. The van der Waals surface area contributed by atoms with Gasteiger partial charge < -0.3 is 14.8 Å². The highest BCUT2D eigenvalue weighted by molar-refractivity contribution is 7.92. The van der Waals surface area contributed by atoms with Gasteiger partial charge in [0, 0.05) is 10.6 Å². The van der Waals surface area contributed by atoms with Crippen molar-refractivity contribution in [3.05, 3.63) is 52.5 Å². The molecule has 2 aromatic rings. The second kappa shape index (κ2) is 9.57. The molecule has 0 heterocycles. The van der Waals surface area contributed by atoms with Crippen molar-refractivity contribution in [3.8, 4) is 11.5 Å². The average Bonchev–Trinajstić information content (AvgIpc) is 2.68. The Morgan fingerprint density at radius 2 is 1.77 bits per heavy atom. The van der Waals surface area contributed by atoms with Crippen LogP contribution >= 0.6 is 11.6 Å². The number of methoxy groups -OCH3 is 2. The summed E-state index contributed by atoms with van der Waals surface area (Å²) in [6.07, 6.45) is 1.06. The minimum atomic E-state index is -3.76. The van der Waals surface area contributed by atoms with Crippen molar-refractivity contribution in [1.29, 1.82) is 0 Å². The van der Waals surface area contributed by atoms with Gasteiger partial charge >= 0.3 is 0 Å². The van der Waals surface area contributed by atoms with E-state index in [0.29, 0.717) is 33.3 Å². The third-order valence-corrected chi connectivity index (χ3v) is 6.22. The third-order valence-electron chi connectivity index (χ3n) is 4.76. The molecule has 2 rings (SSSR count). The molecular weight excluding hydrogens is 428 g/mol. The Balaban J connectivity index is 2.35. The zero-order valence-electron chi connectivity index (χ0n) is 17.9. The van der Waals surface area contributed by atoms with Crippen LogP contribution in [-0.2, 0) is 14.8 Å². The maximum Gasteiger partial charge on any atom is 0.244 e. The Morgan fingerprint density at radius 3 is 2.33 bits per heavy atom. The Morgan fingerprint density at radius 1 is 1.10 bits per heavy atom. The Hall–Kier alpha value is -2.45. The number of aryl methyl sites for hydroxylation is 1. The lowest BCUT2D eigenvalue weighted by Crippen LogP contribution is -2.48. The molecule has 0 aliphatic rings. The number of anilines is 1. The van der Waals surface area contributed by atoms with Gasteiger partial charge in [-0.25, -0.2) is 8.42 Å². The van der Waals surface area contributed by atoms with Gasteiger partial charge in [-0.1, -0.05) is 17.7 Å². The lowest BCUT2D eigenvalue weighted by atomic mass is 10.1. The molecule has 0 aromatic heterocycles. The Labute approximate surface area is 183 Å². The van der Waals surface area contributed by atoms with Crippen LogP contribution in [0.15, 0.2) is 36.4 Å². The zero-order valence-corrected chi connectivity index (χ0v) is 19.5. The van der Waals surface area contributed by atoms with Gasteiger partial charge in [-0.15, -0.1) is 0 Å². The van der Waals surface area contributed by atoms with Gasteiger partial charge in [0.25, 0.3) is 0 Å². The quantitative estimate of drug-likeness (QED) is 0.657. The number of amides is 1. The number of hydrogen-bond donors (Lipinski definition) is 1. The van der Waals surface area contributed by atoms with Gasteiger partial charge in [0.15, 0.2) is 0 Å². The van der Waals surface area contributed by atoms with E-state index in [1.165, 1.54) is 20.1 Å². The number of sulfonamides is 1. The van der Waals surface area contributed by atoms with Gasteiger partial charge in [-0.2, -0.15) is 0 Å². The summed E-state index contributed by atoms with van der Waals surface area (Å²) in [4.78, 5) is 13.0. The SMILES string of the molecule is COc1ccc(OC)c([C@H](C)NC(=O)[C@H](C)N(c2cc(Cl)ccc2C)S(C)(=O)=O)c1. The van der Waals surface area contributed by atoms with E-state index in [1.807, 2.05) is 0 Å². The highest BCUT2D eigenvalue weighted by Gasteiger charge is 2.31. The summed E-state index contributed by atoms with van der Waals surface area (Å²) in [5.41, 5.74) is 1.76. The van der Waals surface area contributed by atoms with E-state index in [2.05, 4.69) is 5.32 Å². The van der Waals surface area contributed by atoms with Gasteiger partial charge in [-0.3, -0.25) is 9.10 Å². The highest BCUT2D eigenvalue weighted by atomic mass is 35.5. The van der Waals surface area contributed by atoms with E-state index in [-0.39, 0.29) is 0 Å². The number of ether oxygens (including phenoxy) is 2. The molecule has 30 heavy (non-hydrogen) atoms. The van der Waals surface area contributed by atoms with E-state index in [1.54, 1.807) is 51.3 Å². The molecule has 0 fully saturated rings. The highest BCUT2D eigenvalue weighted by Crippen LogP contribution is 2.31. The smallest absolute Gasteiger partial charge is 0.244 e. The molecule has 0 aliphatic carbocycles. The van der Waals surface area contributed by atoms with E-state index in [4.69, 9.17) is 21.1 Å². The topological polar surface area (TPSA) is 84.9 Å². The maximum atomic E-state index is 13.0. The first-order valence-corrected chi connectivity index (χ1v) is 11.5. The van der Waals surface area contributed by atoms with Crippen LogP contribution in [0.25, 0.3) is 0 Å². The molecule has 1 amide bonds. The number of halogens is 1. The standard InChI is InChI=1S/C21H27ClN2O5S/c1-13-7-8-16(22)11-19(13)24(30(6,26)27)15(3)21(25)23-14(2)18-12-17(28-4)9-10-20(18)29-5/h7-12,14-15H,1-6H3,(H,23,25)/t14-,15-/m0/s1. The molecule has 0 spiro atoms. The second-order valence-electron chi connectivity index (χ2n) is 7.00. The van der Waals surface area contributed by atoms with Crippen molar-refractivity contribution in [3.63, 3.8) is 0 Å². The summed E-state index contributed by atoms with van der Waals surface area (Å²) in [7, 11) is -0.669. The third kappa shape index (κ3) is 5.37. The number of hydrogen-bond acceptors (Lipinski definition) is 5. The number of carbonyl (C=O) groups is 1. The number of benzene rings is 2. The van der Waals surface area contributed by atoms with Crippen molar-refractivity contribution >= 4 is 33.2 Å². The van der Waals surface area contributed by atoms with Crippen LogP contribution in [0.1, 0.15) is 31.0 Å². The summed E-state index contributed by atoms with van der Waals surface area (Å²) in [6, 6.07) is 8.74. The van der Waals surface area contributed by atoms with Crippen molar-refractivity contribution in [2.24, 2.45) is 0 Å². The molecule has 7 nitrogen and oxygen atoms in total. The fourth-order valence-electron chi connectivity index (χ4n) is 3.19. The summed E-state index contributed by atoms with van der Waals surface area (Å²) < 4.78 is 36.8. The molecular formula is C21H27ClN2O5S. The molecule has 9 heteroatoms. The summed E-state index contributed by atoms with van der Waals surface area (Å²) in [5.74, 6) is 0.742. The van der Waals surface area contributed by atoms with Crippen molar-refractivity contribution in [1.82, 2.24) is 5.32 Å². The van der Waals surface area contributed by atoms with E-state index >= 15 is 0 Å². The van der Waals surface area contributed by atoms with Gasteiger partial charge in [-0.05, 0) is 56.7 Å². The van der Waals surface area contributed by atoms with Crippen LogP contribution in [0.2, 0.25) is 5.02 Å². The van der Waals surface area contributed by atoms with Crippen molar-refractivity contribution < 1.29 is 22.7 Å². The molecule has 2 atom stereocenters. The minimum absolute atomic E-state index is 0.360. The molecule has 0 saturated carbocycles. The second-order valence-corrected chi connectivity index (χ2v) is 9.30. The molecule has 2 aromatic carbocycles. The number of rotatable bonds is 8. The first-order chi connectivity index (χ1) is 14.0. The lowest BCUT2D eigenvalue weighted by Gasteiger charge is -2.30. The number of carbonyl (C=O) groups excluding carboxylic acids is 1. The number of nitrogens with zero attached hydrogens (tertiary/aromatic N) is 1. The van der Waals surface area contributed by atoms with E-state index in [0.717, 1.165) is 10.6 Å². The molecule has 0 radical (unpaired) electrons. The van der Waals surface area contributed by atoms with Crippen molar-refractivity contribution in [2.75, 3.05) is 24.8 Å². The fraction of sp³-hybridized carbons (Fsp3) is 0.381. The normalized spacial score (nSPS) is 13.3. The Kier molecular flexibility index (Phi) is 7.60. The summed E-state index contributed by atoms with van der Waals surface area (Å²) in [5, 5.41) is 3.25. The van der Waals surface area contributed by atoms with Crippen LogP contribution in [-0.4, -0.2) is 40.8 Å². The lowest BCUT2D eigenvalue weighted by molar-refractivity contribution is -0.122. The summed E-state index contributed by atoms with van der Waals surface area (Å²) in [6.45, 7) is 5.09. The molecule has 0 unspecified atom stereocenters. The summed E-state index contributed by atoms with van der Waals surface area (Å²) >= 11 is 6.07. The minimum Gasteiger partial charge on any atom is -0.497 e. The molecule has 0 saturated heterocycles. The predicted molar refractivity (Wildman–Crippen MR) is 119 cm³/mol. The monoisotopic (exact) mass is 454 g/mol.